The monoisotopic (exact) mass is 380 g/mol. The molecule has 0 spiro atoms. The van der Waals surface area contributed by atoms with E-state index in [4.69, 9.17) is 4.74 Å². The van der Waals surface area contributed by atoms with Gasteiger partial charge in [-0.3, -0.25) is 4.79 Å². The van der Waals surface area contributed by atoms with Crippen LogP contribution in [0.15, 0.2) is 60.9 Å². The molecule has 2 N–H and O–H groups in total. The third-order valence-corrected chi connectivity index (χ3v) is 3.78. The zero-order valence-electron chi connectivity index (χ0n) is 15.6. The number of hydrogen-bond donors (Lipinski definition) is 2. The number of amides is 1. The number of anilines is 2. The molecule has 0 radical (unpaired) electrons. The van der Waals surface area contributed by atoms with E-state index in [0.717, 1.165) is 5.56 Å². The average molecular weight is 380 g/mol. The van der Waals surface area contributed by atoms with Gasteiger partial charge in [0.25, 0.3) is 5.91 Å². The van der Waals surface area contributed by atoms with Gasteiger partial charge in [-0.1, -0.05) is 24.3 Å². The molecule has 2 aromatic carbocycles. The molecule has 1 amide bonds. The molecule has 0 bridgehead atoms. The molecule has 7 heteroatoms. The molecular formula is C21H21FN4O2. The van der Waals surface area contributed by atoms with E-state index in [0.29, 0.717) is 23.8 Å². The second-order valence-electron chi connectivity index (χ2n) is 6.39. The molecule has 0 aliphatic carbocycles. The van der Waals surface area contributed by atoms with Crippen LogP contribution in [-0.4, -0.2) is 22.0 Å². The molecule has 0 saturated heterocycles. The van der Waals surface area contributed by atoms with Crippen molar-refractivity contribution in [1.82, 2.24) is 9.97 Å². The first-order valence-corrected chi connectivity index (χ1v) is 8.88. The van der Waals surface area contributed by atoms with Crippen molar-refractivity contribution in [3.63, 3.8) is 0 Å². The zero-order chi connectivity index (χ0) is 19.9. The summed E-state index contributed by atoms with van der Waals surface area (Å²) in [5.74, 6) is 0.435. The summed E-state index contributed by atoms with van der Waals surface area (Å²) in [5, 5.41) is 5.91. The third-order valence-electron chi connectivity index (χ3n) is 3.78. The molecule has 0 aliphatic heterocycles. The van der Waals surface area contributed by atoms with Crippen LogP contribution in [0.4, 0.5) is 15.9 Å². The molecular weight excluding hydrogens is 359 g/mol. The number of nitrogens with zero attached hydrogens (tertiary/aromatic N) is 2. The lowest BCUT2D eigenvalue weighted by Crippen LogP contribution is -2.16. The number of benzene rings is 2. The van der Waals surface area contributed by atoms with Gasteiger partial charge in [0, 0.05) is 12.6 Å². The van der Waals surface area contributed by atoms with Crippen LogP contribution in [0.1, 0.15) is 29.9 Å². The Morgan fingerprint density at radius 3 is 2.61 bits per heavy atom. The van der Waals surface area contributed by atoms with Gasteiger partial charge in [0.05, 0.1) is 11.8 Å². The fourth-order valence-corrected chi connectivity index (χ4v) is 2.49. The number of para-hydroxylation sites is 2. The molecule has 1 aromatic heterocycles. The van der Waals surface area contributed by atoms with Gasteiger partial charge in [0.2, 0.25) is 0 Å². The normalized spacial score (nSPS) is 10.6. The van der Waals surface area contributed by atoms with Gasteiger partial charge in [0.15, 0.2) is 0 Å². The predicted molar refractivity (Wildman–Crippen MR) is 106 cm³/mol. The van der Waals surface area contributed by atoms with E-state index in [1.807, 2.05) is 26.0 Å². The Morgan fingerprint density at radius 1 is 1.11 bits per heavy atom. The van der Waals surface area contributed by atoms with E-state index in [1.54, 1.807) is 30.3 Å². The summed E-state index contributed by atoms with van der Waals surface area (Å²) < 4.78 is 18.7. The molecule has 3 rings (SSSR count). The first kappa shape index (κ1) is 19.3. The Bertz CT molecular complexity index is 945. The summed E-state index contributed by atoms with van der Waals surface area (Å²) in [5.41, 5.74) is 1.68. The number of nitrogens with one attached hydrogen (secondary N) is 2. The van der Waals surface area contributed by atoms with Crippen molar-refractivity contribution in [2.45, 2.75) is 26.5 Å². The van der Waals surface area contributed by atoms with Crippen LogP contribution in [0.5, 0.6) is 5.75 Å². The van der Waals surface area contributed by atoms with Crippen molar-refractivity contribution in [2.24, 2.45) is 0 Å². The van der Waals surface area contributed by atoms with Crippen molar-refractivity contribution in [2.75, 3.05) is 10.6 Å². The second kappa shape index (κ2) is 8.94. The fraction of sp³-hybridized carbons (Fsp3) is 0.190. The molecule has 1 heterocycles. The van der Waals surface area contributed by atoms with Crippen LogP contribution in [-0.2, 0) is 6.54 Å². The van der Waals surface area contributed by atoms with E-state index in [9.17, 15) is 9.18 Å². The first-order valence-electron chi connectivity index (χ1n) is 8.88. The average Bonchev–Trinajstić information content (AvgIpc) is 2.69. The first-order chi connectivity index (χ1) is 13.5. The summed E-state index contributed by atoms with van der Waals surface area (Å²) in [6, 6.07) is 14.9. The Morgan fingerprint density at radius 2 is 1.86 bits per heavy atom. The smallest absolute Gasteiger partial charge is 0.274 e. The molecule has 0 saturated carbocycles. The van der Waals surface area contributed by atoms with Gasteiger partial charge in [0.1, 0.15) is 29.4 Å². The number of carbonyl (C=O) groups excluding carboxylic acids is 1. The maximum atomic E-state index is 13.0. The zero-order valence-corrected chi connectivity index (χ0v) is 15.6. The highest BCUT2D eigenvalue weighted by molar-refractivity contribution is 6.04. The summed E-state index contributed by atoms with van der Waals surface area (Å²) in [7, 11) is 0. The van der Waals surface area contributed by atoms with E-state index in [-0.39, 0.29) is 23.5 Å². The lowest BCUT2D eigenvalue weighted by Gasteiger charge is -2.14. The summed E-state index contributed by atoms with van der Waals surface area (Å²) in [4.78, 5) is 20.7. The largest absolute Gasteiger partial charge is 0.489 e. The van der Waals surface area contributed by atoms with Crippen LogP contribution in [0.3, 0.4) is 0 Å². The maximum Gasteiger partial charge on any atom is 0.274 e. The topological polar surface area (TPSA) is 76.1 Å². The highest BCUT2D eigenvalue weighted by Gasteiger charge is 2.13. The molecule has 0 fully saturated rings. The van der Waals surface area contributed by atoms with Crippen molar-refractivity contribution in [3.05, 3.63) is 78.0 Å². The third kappa shape index (κ3) is 5.26. The van der Waals surface area contributed by atoms with Gasteiger partial charge in [-0.25, -0.2) is 14.4 Å². The molecule has 0 unspecified atom stereocenters. The summed E-state index contributed by atoms with van der Waals surface area (Å²) in [6.45, 7) is 4.29. The molecule has 6 nitrogen and oxygen atoms in total. The lowest BCUT2D eigenvalue weighted by molar-refractivity contribution is 0.102. The number of rotatable bonds is 7. The molecule has 144 valence electrons. The van der Waals surface area contributed by atoms with Crippen LogP contribution in [0.2, 0.25) is 0 Å². The van der Waals surface area contributed by atoms with Gasteiger partial charge in [-0.15, -0.1) is 0 Å². The standard InChI is InChI=1S/C21H21FN4O2/c1-14(2)28-19-6-4-3-5-17(19)26-21(27)18-11-20(25-13-24-18)23-12-15-7-9-16(22)10-8-15/h3-11,13-14H,12H2,1-2H3,(H,26,27)(H,23,24,25). The minimum Gasteiger partial charge on any atom is -0.489 e. The highest BCUT2D eigenvalue weighted by atomic mass is 19.1. The van der Waals surface area contributed by atoms with Crippen molar-refractivity contribution < 1.29 is 13.9 Å². The van der Waals surface area contributed by atoms with Crippen molar-refractivity contribution in [1.29, 1.82) is 0 Å². The quantitative estimate of drug-likeness (QED) is 0.640. The number of halogens is 1. The number of carbonyl (C=O) groups is 1. The Labute approximate surface area is 162 Å². The SMILES string of the molecule is CC(C)Oc1ccccc1NC(=O)c1cc(NCc2ccc(F)cc2)ncn1. The highest BCUT2D eigenvalue weighted by Crippen LogP contribution is 2.25. The fourth-order valence-electron chi connectivity index (χ4n) is 2.49. The van der Waals surface area contributed by atoms with Gasteiger partial charge in [-0.2, -0.15) is 0 Å². The lowest BCUT2D eigenvalue weighted by atomic mass is 10.2. The van der Waals surface area contributed by atoms with E-state index in [2.05, 4.69) is 20.6 Å². The predicted octanol–water partition coefficient (Wildman–Crippen LogP) is 4.27. The molecule has 0 aliphatic rings. The van der Waals surface area contributed by atoms with E-state index >= 15 is 0 Å². The molecule has 0 atom stereocenters. The number of aromatic nitrogens is 2. The van der Waals surface area contributed by atoms with E-state index in [1.165, 1.54) is 18.5 Å². The maximum absolute atomic E-state index is 13.0. The Balaban J connectivity index is 1.68. The van der Waals surface area contributed by atoms with E-state index < -0.39 is 0 Å². The summed E-state index contributed by atoms with van der Waals surface area (Å²) >= 11 is 0. The minimum absolute atomic E-state index is 0.0145. The van der Waals surface area contributed by atoms with Crippen LogP contribution in [0.25, 0.3) is 0 Å². The van der Waals surface area contributed by atoms with Crippen molar-refractivity contribution >= 4 is 17.4 Å². The Hall–Kier alpha value is -3.48. The van der Waals surface area contributed by atoms with Gasteiger partial charge >= 0.3 is 0 Å². The van der Waals surface area contributed by atoms with Gasteiger partial charge < -0.3 is 15.4 Å². The second-order valence-corrected chi connectivity index (χ2v) is 6.39. The number of hydrogen-bond acceptors (Lipinski definition) is 5. The van der Waals surface area contributed by atoms with Gasteiger partial charge in [-0.05, 0) is 43.7 Å². The van der Waals surface area contributed by atoms with Crippen LogP contribution < -0.4 is 15.4 Å². The summed E-state index contributed by atoms with van der Waals surface area (Å²) in [6.07, 6.45) is 1.30. The van der Waals surface area contributed by atoms with Crippen LogP contribution in [0, 0.1) is 5.82 Å². The van der Waals surface area contributed by atoms with Crippen LogP contribution >= 0.6 is 0 Å². The Kier molecular flexibility index (Phi) is 6.16. The van der Waals surface area contributed by atoms with Crippen molar-refractivity contribution in [3.8, 4) is 5.75 Å². The number of ether oxygens (including phenoxy) is 1. The minimum atomic E-state index is -0.368. The molecule has 28 heavy (non-hydrogen) atoms. The molecule has 3 aromatic rings.